The summed E-state index contributed by atoms with van der Waals surface area (Å²) in [6, 6.07) is 13.8. The van der Waals surface area contributed by atoms with Crippen molar-refractivity contribution in [2.75, 3.05) is 11.4 Å². The molecule has 3 rings (SSSR count). The Hall–Kier alpha value is -4.00. The third kappa shape index (κ3) is 6.53. The number of aromatic hydroxyl groups is 1. The Kier molecular flexibility index (Phi) is 8.02. The number of hydrogen-bond acceptors (Lipinski definition) is 4. The molecule has 0 aliphatic carbocycles. The highest BCUT2D eigenvalue weighted by atomic mass is 19.1. The van der Waals surface area contributed by atoms with Crippen LogP contribution in [0.15, 0.2) is 79.6 Å². The van der Waals surface area contributed by atoms with E-state index in [1.54, 1.807) is 24.3 Å². The first-order chi connectivity index (χ1) is 16.6. The Labute approximate surface area is 205 Å². The van der Waals surface area contributed by atoms with Crippen LogP contribution < -0.4 is 10.2 Å². The minimum Gasteiger partial charge on any atom is -0.506 e. The number of benzene rings is 2. The van der Waals surface area contributed by atoms with Gasteiger partial charge in [0.05, 0.1) is 6.20 Å². The van der Waals surface area contributed by atoms with Crippen LogP contribution >= 0.6 is 0 Å². The molecule has 6 nitrogen and oxygen atoms in total. The Morgan fingerprint density at radius 3 is 2.46 bits per heavy atom. The average Bonchev–Trinajstić information content (AvgIpc) is 2.81. The predicted molar refractivity (Wildman–Crippen MR) is 135 cm³/mol. The number of hydrogen-bond donors (Lipinski definition) is 2. The smallest absolute Gasteiger partial charge is 0.251 e. The Morgan fingerprint density at radius 2 is 1.86 bits per heavy atom. The van der Waals surface area contributed by atoms with Crippen molar-refractivity contribution >= 4 is 17.5 Å². The molecule has 35 heavy (non-hydrogen) atoms. The number of halogens is 1. The number of carbonyl (C=O) groups excluding carboxylic acids is 2. The van der Waals surface area contributed by atoms with Gasteiger partial charge in [-0.05, 0) is 59.4 Å². The summed E-state index contributed by atoms with van der Waals surface area (Å²) in [6.45, 7) is 10.1. The SMILES string of the molecule is C=CC(=O)N(c1ccc(C(C)(C)C)cc1)C(C(=O)NCCc1cccc(F)c1)c1cncc(O)c1. The monoisotopic (exact) mass is 475 g/mol. The van der Waals surface area contributed by atoms with Gasteiger partial charge in [-0.2, -0.15) is 0 Å². The van der Waals surface area contributed by atoms with Gasteiger partial charge in [0.25, 0.3) is 5.91 Å². The van der Waals surface area contributed by atoms with E-state index >= 15 is 0 Å². The molecule has 2 aromatic carbocycles. The molecule has 0 aliphatic heterocycles. The maximum Gasteiger partial charge on any atom is 0.251 e. The fraction of sp³-hybridized carbons (Fsp3) is 0.250. The highest BCUT2D eigenvalue weighted by Crippen LogP contribution is 2.31. The molecule has 1 atom stereocenters. The van der Waals surface area contributed by atoms with E-state index in [4.69, 9.17) is 0 Å². The summed E-state index contributed by atoms with van der Waals surface area (Å²) in [5.41, 5.74) is 2.55. The summed E-state index contributed by atoms with van der Waals surface area (Å²) in [5, 5.41) is 12.8. The molecule has 1 heterocycles. The van der Waals surface area contributed by atoms with E-state index < -0.39 is 17.9 Å². The molecule has 0 radical (unpaired) electrons. The molecule has 0 saturated heterocycles. The molecule has 1 aromatic heterocycles. The van der Waals surface area contributed by atoms with Gasteiger partial charge in [-0.15, -0.1) is 0 Å². The van der Waals surface area contributed by atoms with Gasteiger partial charge in [-0.1, -0.05) is 51.6 Å². The minimum atomic E-state index is -1.12. The Bertz CT molecular complexity index is 1200. The van der Waals surface area contributed by atoms with Gasteiger partial charge in [0.1, 0.15) is 17.6 Å². The van der Waals surface area contributed by atoms with Crippen molar-refractivity contribution in [3.63, 3.8) is 0 Å². The van der Waals surface area contributed by atoms with Crippen molar-refractivity contribution in [1.82, 2.24) is 10.3 Å². The summed E-state index contributed by atoms with van der Waals surface area (Å²) < 4.78 is 13.5. The van der Waals surface area contributed by atoms with E-state index in [1.807, 2.05) is 12.1 Å². The molecule has 182 valence electrons. The third-order valence-corrected chi connectivity index (χ3v) is 5.59. The van der Waals surface area contributed by atoms with E-state index in [0.29, 0.717) is 17.7 Å². The Morgan fingerprint density at radius 1 is 1.14 bits per heavy atom. The topological polar surface area (TPSA) is 82.5 Å². The first-order valence-electron chi connectivity index (χ1n) is 11.3. The minimum absolute atomic E-state index is 0.0887. The van der Waals surface area contributed by atoms with Gasteiger partial charge in [-0.25, -0.2) is 4.39 Å². The van der Waals surface area contributed by atoms with Gasteiger partial charge in [0.15, 0.2) is 0 Å². The molecule has 0 bridgehead atoms. The number of aromatic nitrogens is 1. The van der Waals surface area contributed by atoms with Crippen LogP contribution in [0.1, 0.15) is 43.5 Å². The molecular formula is C28H30FN3O3. The zero-order chi connectivity index (χ0) is 25.6. The zero-order valence-electron chi connectivity index (χ0n) is 20.2. The second-order valence-electron chi connectivity index (χ2n) is 9.26. The second-order valence-corrected chi connectivity index (χ2v) is 9.26. The molecule has 2 amide bonds. The predicted octanol–water partition coefficient (Wildman–Crippen LogP) is 4.84. The fourth-order valence-corrected chi connectivity index (χ4v) is 3.76. The van der Waals surface area contributed by atoms with E-state index in [2.05, 4.69) is 37.7 Å². The van der Waals surface area contributed by atoms with Crippen LogP contribution in [-0.4, -0.2) is 28.4 Å². The number of pyridine rings is 1. The van der Waals surface area contributed by atoms with Gasteiger partial charge >= 0.3 is 0 Å². The molecule has 0 aliphatic rings. The lowest BCUT2D eigenvalue weighted by Gasteiger charge is -2.31. The first kappa shape index (κ1) is 25.6. The highest BCUT2D eigenvalue weighted by Gasteiger charge is 2.32. The number of amides is 2. The average molecular weight is 476 g/mol. The van der Waals surface area contributed by atoms with Crippen LogP contribution in [0.3, 0.4) is 0 Å². The maximum atomic E-state index is 13.5. The Balaban J connectivity index is 1.95. The van der Waals surface area contributed by atoms with Crippen LogP contribution in [0, 0.1) is 5.82 Å². The summed E-state index contributed by atoms with van der Waals surface area (Å²) in [6.07, 6.45) is 4.23. The van der Waals surface area contributed by atoms with Gasteiger partial charge in [0, 0.05) is 24.0 Å². The van der Waals surface area contributed by atoms with Gasteiger partial charge in [0.2, 0.25) is 5.91 Å². The second kappa shape index (κ2) is 11.0. The zero-order valence-corrected chi connectivity index (χ0v) is 20.2. The number of carbonyl (C=O) groups is 2. The van der Waals surface area contributed by atoms with Crippen LogP contribution in [0.4, 0.5) is 10.1 Å². The lowest BCUT2D eigenvalue weighted by atomic mass is 9.87. The molecule has 0 spiro atoms. The van der Waals surface area contributed by atoms with E-state index in [9.17, 15) is 19.1 Å². The number of rotatable bonds is 8. The van der Waals surface area contributed by atoms with Crippen LogP contribution in [-0.2, 0) is 21.4 Å². The van der Waals surface area contributed by atoms with Crippen molar-refractivity contribution < 1.29 is 19.1 Å². The number of nitrogens with zero attached hydrogens (tertiary/aromatic N) is 2. The van der Waals surface area contributed by atoms with Crippen molar-refractivity contribution in [3.05, 3.63) is 102 Å². The van der Waals surface area contributed by atoms with Crippen molar-refractivity contribution in [3.8, 4) is 5.75 Å². The van der Waals surface area contributed by atoms with Crippen LogP contribution in [0.2, 0.25) is 0 Å². The standard InChI is InChI=1S/C28H30FN3O3/c1-5-25(34)32(23-11-9-21(10-12-23)28(2,3)4)26(20-16-24(33)18-30-17-20)27(35)31-14-13-19-7-6-8-22(29)15-19/h5-12,15-18,26,33H,1,13-14H2,2-4H3,(H,31,35). The summed E-state index contributed by atoms with van der Waals surface area (Å²) in [5.74, 6) is -1.43. The molecule has 0 fully saturated rings. The largest absolute Gasteiger partial charge is 0.506 e. The lowest BCUT2D eigenvalue weighted by molar-refractivity contribution is -0.125. The molecular weight excluding hydrogens is 445 g/mol. The summed E-state index contributed by atoms with van der Waals surface area (Å²) in [7, 11) is 0. The van der Waals surface area contributed by atoms with E-state index in [-0.39, 0.29) is 23.5 Å². The van der Waals surface area contributed by atoms with Crippen molar-refractivity contribution in [2.45, 2.75) is 38.6 Å². The number of nitrogens with one attached hydrogen (secondary N) is 1. The first-order valence-corrected chi connectivity index (χ1v) is 11.3. The third-order valence-electron chi connectivity index (χ3n) is 5.59. The molecule has 0 saturated carbocycles. The van der Waals surface area contributed by atoms with Crippen LogP contribution in [0.5, 0.6) is 5.75 Å². The summed E-state index contributed by atoms with van der Waals surface area (Å²) >= 11 is 0. The lowest BCUT2D eigenvalue weighted by Crippen LogP contribution is -2.44. The van der Waals surface area contributed by atoms with Crippen molar-refractivity contribution in [2.24, 2.45) is 0 Å². The normalized spacial score (nSPS) is 12.0. The molecule has 3 aromatic rings. The van der Waals surface area contributed by atoms with E-state index in [0.717, 1.165) is 17.2 Å². The summed E-state index contributed by atoms with van der Waals surface area (Å²) in [4.78, 5) is 31.8. The van der Waals surface area contributed by atoms with Gasteiger partial charge < -0.3 is 10.4 Å². The quantitative estimate of drug-likeness (QED) is 0.457. The molecule has 1 unspecified atom stereocenters. The maximum absolute atomic E-state index is 13.5. The van der Waals surface area contributed by atoms with Crippen molar-refractivity contribution in [1.29, 1.82) is 0 Å². The van der Waals surface area contributed by atoms with Gasteiger partial charge in [-0.3, -0.25) is 19.5 Å². The van der Waals surface area contributed by atoms with Crippen LogP contribution in [0.25, 0.3) is 0 Å². The molecule has 7 heteroatoms. The highest BCUT2D eigenvalue weighted by molar-refractivity contribution is 6.06. The fourth-order valence-electron chi connectivity index (χ4n) is 3.76. The molecule has 2 N–H and O–H groups in total. The van der Waals surface area contributed by atoms with E-state index in [1.165, 1.54) is 35.5 Å². The number of anilines is 1.